The number of aliphatic carboxylic acids is 2. The molecule has 0 radical (unpaired) electrons. The summed E-state index contributed by atoms with van der Waals surface area (Å²) < 4.78 is 5.40. The van der Waals surface area contributed by atoms with Gasteiger partial charge in [-0.1, -0.05) is 41.6 Å². The molecule has 0 amide bonds. The molecule has 0 atom stereocenters. The molecule has 2 aromatic heterocycles. The first-order valence-corrected chi connectivity index (χ1v) is 10.6. The number of hydrogen-bond donors (Lipinski definition) is 4. The van der Waals surface area contributed by atoms with E-state index in [1.165, 1.54) is 27.6 Å². The van der Waals surface area contributed by atoms with E-state index in [0.29, 0.717) is 18.9 Å². The number of nitrogens with zero attached hydrogens (tertiary/aromatic N) is 2. The lowest BCUT2D eigenvalue weighted by Gasteiger charge is -2.02. The highest BCUT2D eigenvalue weighted by molar-refractivity contribution is 6.27. The molecule has 9 heteroatoms. The number of carbonyl (C=O) groups is 2. The Kier molecular flexibility index (Phi) is 8.31. The van der Waals surface area contributed by atoms with E-state index >= 15 is 0 Å². The molecular weight excluding hydrogens is 424 g/mol. The van der Waals surface area contributed by atoms with Gasteiger partial charge >= 0.3 is 11.9 Å². The Labute approximate surface area is 190 Å². The maximum absolute atomic E-state index is 9.10. The maximum atomic E-state index is 9.10. The van der Waals surface area contributed by atoms with Crippen LogP contribution in [0.1, 0.15) is 34.8 Å². The normalized spacial score (nSPS) is 10.6. The summed E-state index contributed by atoms with van der Waals surface area (Å²) in [7, 11) is 0. The van der Waals surface area contributed by atoms with Gasteiger partial charge in [0.25, 0.3) is 0 Å². The van der Waals surface area contributed by atoms with E-state index in [0.717, 1.165) is 31.5 Å². The van der Waals surface area contributed by atoms with Gasteiger partial charge in [0.05, 0.1) is 0 Å². The third kappa shape index (κ3) is 7.01. The third-order valence-corrected chi connectivity index (χ3v) is 5.00. The van der Waals surface area contributed by atoms with E-state index in [2.05, 4.69) is 51.7 Å². The lowest BCUT2D eigenvalue weighted by molar-refractivity contribution is -0.159. The summed E-state index contributed by atoms with van der Waals surface area (Å²) in [4.78, 5) is 26.0. The smallest absolute Gasteiger partial charge is 0.414 e. The van der Waals surface area contributed by atoms with Crippen LogP contribution < -0.4 is 5.73 Å². The first-order chi connectivity index (χ1) is 16.0. The van der Waals surface area contributed by atoms with Crippen LogP contribution in [0.4, 0.5) is 0 Å². The Balaban J connectivity index is 0.000000454. The summed E-state index contributed by atoms with van der Waals surface area (Å²) >= 11 is 0. The van der Waals surface area contributed by atoms with Crippen molar-refractivity contribution in [2.24, 2.45) is 5.73 Å². The summed E-state index contributed by atoms with van der Waals surface area (Å²) in [5.74, 6) is -2.19. The van der Waals surface area contributed by atoms with Crippen molar-refractivity contribution in [1.29, 1.82) is 0 Å². The van der Waals surface area contributed by atoms with Crippen LogP contribution in [0.5, 0.6) is 0 Å². The van der Waals surface area contributed by atoms with Gasteiger partial charge in [-0.15, -0.1) is 0 Å². The lowest BCUT2D eigenvalue weighted by Crippen LogP contribution is -2.09. The van der Waals surface area contributed by atoms with E-state index in [1.54, 1.807) is 0 Å². The van der Waals surface area contributed by atoms with E-state index in [-0.39, 0.29) is 0 Å². The van der Waals surface area contributed by atoms with Gasteiger partial charge in [-0.3, -0.25) is 0 Å². The average Bonchev–Trinajstić information content (AvgIpc) is 3.42. The molecule has 0 aliphatic rings. The Morgan fingerprint density at radius 1 is 0.970 bits per heavy atom. The Morgan fingerprint density at radius 2 is 1.73 bits per heavy atom. The zero-order valence-electron chi connectivity index (χ0n) is 18.0. The minimum Gasteiger partial charge on any atom is -0.473 e. The molecular formula is C24H26N4O5. The van der Waals surface area contributed by atoms with Crippen molar-refractivity contribution in [2.45, 2.75) is 32.1 Å². The Morgan fingerprint density at radius 3 is 2.42 bits per heavy atom. The highest BCUT2D eigenvalue weighted by Crippen LogP contribution is 2.21. The Hall–Kier alpha value is -3.98. The van der Waals surface area contributed by atoms with Gasteiger partial charge in [0.15, 0.2) is 5.82 Å². The van der Waals surface area contributed by atoms with Crippen LogP contribution in [0.15, 0.2) is 59.3 Å². The second kappa shape index (κ2) is 11.6. The standard InChI is InChI=1S/C22H24N4O.C2H2O4/c23-12-11-18-15-24-20-10-9-17(13-19(18)20)7-4-8-22-25-21(26-27-22)14-16-5-2-1-3-6-16;3-1(4)2(5)6/h1-3,5-6,9-10,13,15,24H,4,7-8,11-12,14,23H2;(H,3,4)(H,5,6). The number of carboxylic acid groups (broad SMARTS) is 2. The van der Waals surface area contributed by atoms with E-state index < -0.39 is 11.9 Å². The molecule has 0 saturated heterocycles. The van der Waals surface area contributed by atoms with Crippen LogP contribution in [-0.4, -0.2) is 43.8 Å². The zero-order valence-corrected chi connectivity index (χ0v) is 18.0. The predicted octanol–water partition coefficient (Wildman–Crippen LogP) is 2.97. The van der Waals surface area contributed by atoms with E-state index in [1.807, 2.05) is 18.2 Å². The predicted molar refractivity (Wildman–Crippen MR) is 122 cm³/mol. The summed E-state index contributed by atoms with van der Waals surface area (Å²) in [5.41, 5.74) is 10.7. The molecule has 0 aliphatic heterocycles. The number of aromatic nitrogens is 3. The van der Waals surface area contributed by atoms with Crippen LogP contribution in [0.25, 0.3) is 10.9 Å². The number of benzene rings is 2. The van der Waals surface area contributed by atoms with Crippen LogP contribution in [0, 0.1) is 0 Å². The monoisotopic (exact) mass is 450 g/mol. The SMILES string of the molecule is NCCc1c[nH]c2ccc(CCCc3nc(Cc4ccccc4)no3)cc12.O=C(O)C(=O)O. The van der Waals surface area contributed by atoms with Gasteiger partial charge in [0, 0.05) is 29.9 Å². The van der Waals surface area contributed by atoms with Gasteiger partial charge in [-0.2, -0.15) is 4.98 Å². The molecule has 0 spiro atoms. The molecule has 0 aliphatic carbocycles. The van der Waals surface area contributed by atoms with Crippen LogP contribution in [-0.2, 0) is 35.3 Å². The number of fused-ring (bicyclic) bond motifs is 1. The zero-order chi connectivity index (χ0) is 23.6. The highest BCUT2D eigenvalue weighted by atomic mass is 16.5. The number of nitrogens with one attached hydrogen (secondary N) is 1. The highest BCUT2D eigenvalue weighted by Gasteiger charge is 2.08. The lowest BCUT2D eigenvalue weighted by atomic mass is 10.0. The summed E-state index contributed by atoms with van der Waals surface area (Å²) in [6, 6.07) is 16.8. The fourth-order valence-electron chi connectivity index (χ4n) is 3.43. The molecule has 0 saturated carbocycles. The van der Waals surface area contributed by atoms with Gasteiger partial charge in [-0.05, 0) is 54.6 Å². The number of hydrogen-bond acceptors (Lipinski definition) is 6. The van der Waals surface area contributed by atoms with Crippen molar-refractivity contribution in [3.63, 3.8) is 0 Å². The number of nitrogens with two attached hydrogens (primary N) is 1. The third-order valence-electron chi connectivity index (χ3n) is 5.00. The van der Waals surface area contributed by atoms with Crippen LogP contribution in [0.2, 0.25) is 0 Å². The van der Waals surface area contributed by atoms with Gasteiger partial charge in [-0.25, -0.2) is 9.59 Å². The van der Waals surface area contributed by atoms with Crippen molar-refractivity contribution in [1.82, 2.24) is 15.1 Å². The van der Waals surface area contributed by atoms with Crippen molar-refractivity contribution < 1.29 is 24.3 Å². The fourth-order valence-corrected chi connectivity index (χ4v) is 3.43. The number of H-pyrrole nitrogens is 1. The maximum Gasteiger partial charge on any atom is 0.414 e. The minimum absolute atomic E-state index is 0.666. The first kappa shape index (κ1) is 23.7. The molecule has 4 aromatic rings. The Bertz CT molecular complexity index is 1190. The van der Waals surface area contributed by atoms with Crippen molar-refractivity contribution in [3.05, 3.63) is 83.1 Å². The molecule has 0 fully saturated rings. The van der Waals surface area contributed by atoms with Crippen LogP contribution in [0.3, 0.4) is 0 Å². The average molecular weight is 450 g/mol. The summed E-state index contributed by atoms with van der Waals surface area (Å²) in [6.45, 7) is 0.666. The molecule has 2 heterocycles. The first-order valence-electron chi connectivity index (χ1n) is 10.6. The largest absolute Gasteiger partial charge is 0.473 e. The van der Waals surface area contributed by atoms with E-state index in [9.17, 15) is 0 Å². The van der Waals surface area contributed by atoms with Crippen molar-refractivity contribution in [2.75, 3.05) is 6.54 Å². The molecule has 9 nitrogen and oxygen atoms in total. The van der Waals surface area contributed by atoms with Gasteiger partial charge in [0.2, 0.25) is 5.89 Å². The minimum atomic E-state index is -1.82. The summed E-state index contributed by atoms with van der Waals surface area (Å²) in [6.07, 6.45) is 6.43. The molecule has 0 unspecified atom stereocenters. The molecule has 5 N–H and O–H groups in total. The van der Waals surface area contributed by atoms with Crippen molar-refractivity contribution in [3.8, 4) is 0 Å². The van der Waals surface area contributed by atoms with E-state index in [4.69, 9.17) is 30.1 Å². The van der Waals surface area contributed by atoms with Crippen molar-refractivity contribution >= 4 is 22.8 Å². The molecule has 2 aromatic carbocycles. The molecule has 33 heavy (non-hydrogen) atoms. The topological polar surface area (TPSA) is 155 Å². The number of aryl methyl sites for hydroxylation is 2. The number of aromatic amines is 1. The second-order valence-electron chi connectivity index (χ2n) is 7.46. The molecule has 0 bridgehead atoms. The number of rotatable bonds is 8. The summed E-state index contributed by atoms with van der Waals surface area (Å²) in [5, 5.41) is 20.2. The van der Waals surface area contributed by atoms with Gasteiger partial charge < -0.3 is 25.5 Å². The second-order valence-corrected chi connectivity index (χ2v) is 7.46. The van der Waals surface area contributed by atoms with Crippen LogP contribution >= 0.6 is 0 Å². The molecule has 172 valence electrons. The number of carboxylic acids is 2. The molecule has 4 rings (SSSR count). The quantitative estimate of drug-likeness (QED) is 0.299. The van der Waals surface area contributed by atoms with Gasteiger partial charge in [0.1, 0.15) is 0 Å². The fraction of sp³-hybridized carbons (Fsp3) is 0.250.